The molecule has 5 nitrogen and oxygen atoms in total. The van der Waals surface area contributed by atoms with Gasteiger partial charge in [-0.25, -0.2) is 0 Å². The molecular weight excluding hydrogens is 208 g/mol. The molecule has 1 amide bonds. The second-order valence-corrected chi connectivity index (χ2v) is 4.40. The molecule has 0 aromatic heterocycles. The fraction of sp³-hybridized carbons (Fsp3) is 0.909. The summed E-state index contributed by atoms with van der Waals surface area (Å²) >= 11 is 0. The van der Waals surface area contributed by atoms with Gasteiger partial charge in [-0.3, -0.25) is 9.69 Å². The maximum Gasteiger partial charge on any atom is 0.237 e. The first-order valence-electron chi connectivity index (χ1n) is 5.96. The molecule has 2 heterocycles. The first kappa shape index (κ1) is 11.8. The van der Waals surface area contributed by atoms with Crippen LogP contribution in [0.25, 0.3) is 0 Å². The molecule has 1 spiro atoms. The number of amides is 1. The van der Waals surface area contributed by atoms with Gasteiger partial charge in [-0.2, -0.15) is 0 Å². The van der Waals surface area contributed by atoms with Crippen LogP contribution in [0, 0.1) is 0 Å². The monoisotopic (exact) mass is 228 g/mol. The standard InChI is InChI=1S/C11H20N2O3/c1-3-12-10(14)9(2)13-5-4-11(8-13)15-6-7-16-11/h9H,3-8H2,1-2H3,(H,12,14). The summed E-state index contributed by atoms with van der Waals surface area (Å²) in [5.74, 6) is -0.349. The SMILES string of the molecule is CCNC(=O)C(C)N1CCC2(C1)OCCO2. The molecule has 0 aliphatic carbocycles. The average molecular weight is 228 g/mol. The lowest BCUT2D eigenvalue weighted by Crippen LogP contribution is -2.46. The van der Waals surface area contributed by atoms with E-state index in [2.05, 4.69) is 10.2 Å². The number of hydrogen-bond donors (Lipinski definition) is 1. The van der Waals surface area contributed by atoms with Crippen molar-refractivity contribution in [2.24, 2.45) is 0 Å². The quantitative estimate of drug-likeness (QED) is 0.736. The zero-order chi connectivity index (χ0) is 11.6. The van der Waals surface area contributed by atoms with Crippen LogP contribution in [0.15, 0.2) is 0 Å². The Bertz CT molecular complexity index is 264. The van der Waals surface area contributed by atoms with Gasteiger partial charge < -0.3 is 14.8 Å². The number of likely N-dealkylation sites (tertiary alicyclic amines) is 1. The number of carbonyl (C=O) groups excluding carboxylic acids is 1. The fourth-order valence-electron chi connectivity index (χ4n) is 2.33. The number of likely N-dealkylation sites (N-methyl/N-ethyl adjacent to an activating group) is 1. The average Bonchev–Trinajstić information content (AvgIpc) is 2.89. The number of carbonyl (C=O) groups is 1. The third-order valence-electron chi connectivity index (χ3n) is 3.32. The van der Waals surface area contributed by atoms with E-state index in [9.17, 15) is 4.79 Å². The predicted octanol–water partition coefficient (Wildman–Crippen LogP) is -0.0402. The van der Waals surface area contributed by atoms with E-state index in [1.54, 1.807) is 0 Å². The molecule has 16 heavy (non-hydrogen) atoms. The molecule has 2 aliphatic rings. The molecule has 0 aromatic carbocycles. The zero-order valence-electron chi connectivity index (χ0n) is 9.99. The normalized spacial score (nSPS) is 26.1. The van der Waals surface area contributed by atoms with Crippen molar-refractivity contribution in [2.45, 2.75) is 32.1 Å². The lowest BCUT2D eigenvalue weighted by atomic mass is 10.2. The van der Waals surface area contributed by atoms with Crippen molar-refractivity contribution in [1.82, 2.24) is 10.2 Å². The molecule has 0 saturated carbocycles. The molecule has 2 fully saturated rings. The van der Waals surface area contributed by atoms with Crippen LogP contribution in [0.3, 0.4) is 0 Å². The van der Waals surface area contributed by atoms with Crippen molar-refractivity contribution < 1.29 is 14.3 Å². The van der Waals surface area contributed by atoms with E-state index in [4.69, 9.17) is 9.47 Å². The van der Waals surface area contributed by atoms with Gasteiger partial charge >= 0.3 is 0 Å². The number of nitrogens with one attached hydrogen (secondary N) is 1. The zero-order valence-corrected chi connectivity index (χ0v) is 9.99. The number of hydrogen-bond acceptors (Lipinski definition) is 4. The highest BCUT2D eigenvalue weighted by Crippen LogP contribution is 2.31. The minimum absolute atomic E-state index is 0.0811. The highest BCUT2D eigenvalue weighted by atomic mass is 16.7. The summed E-state index contributed by atoms with van der Waals surface area (Å²) in [6.07, 6.45) is 0.858. The Labute approximate surface area is 96.1 Å². The topological polar surface area (TPSA) is 50.8 Å². The van der Waals surface area contributed by atoms with E-state index in [1.807, 2.05) is 13.8 Å². The van der Waals surface area contributed by atoms with Crippen LogP contribution in [0.1, 0.15) is 20.3 Å². The van der Waals surface area contributed by atoms with E-state index in [0.29, 0.717) is 26.3 Å². The number of ether oxygens (including phenoxy) is 2. The maximum absolute atomic E-state index is 11.7. The fourth-order valence-corrected chi connectivity index (χ4v) is 2.33. The summed E-state index contributed by atoms with van der Waals surface area (Å²) in [5, 5.41) is 2.84. The van der Waals surface area contributed by atoms with Crippen LogP contribution in [0.2, 0.25) is 0 Å². The van der Waals surface area contributed by atoms with Crippen molar-refractivity contribution in [1.29, 1.82) is 0 Å². The number of nitrogens with zero attached hydrogens (tertiary/aromatic N) is 1. The molecule has 2 saturated heterocycles. The van der Waals surface area contributed by atoms with Gasteiger partial charge in [0.2, 0.25) is 5.91 Å². The van der Waals surface area contributed by atoms with Crippen molar-refractivity contribution in [3.05, 3.63) is 0 Å². The molecule has 0 aromatic rings. The smallest absolute Gasteiger partial charge is 0.237 e. The molecule has 1 N–H and O–H groups in total. The molecule has 0 radical (unpaired) electrons. The summed E-state index contributed by atoms with van der Waals surface area (Å²) in [5.41, 5.74) is 0. The second-order valence-electron chi connectivity index (χ2n) is 4.40. The summed E-state index contributed by atoms with van der Waals surface area (Å²) in [6.45, 7) is 7.43. The highest BCUT2D eigenvalue weighted by molar-refractivity contribution is 5.81. The van der Waals surface area contributed by atoms with Crippen LogP contribution >= 0.6 is 0 Å². The summed E-state index contributed by atoms with van der Waals surface area (Å²) in [7, 11) is 0. The lowest BCUT2D eigenvalue weighted by Gasteiger charge is -2.25. The minimum Gasteiger partial charge on any atom is -0.355 e. The predicted molar refractivity (Wildman–Crippen MR) is 59.0 cm³/mol. The van der Waals surface area contributed by atoms with Crippen molar-refractivity contribution in [3.63, 3.8) is 0 Å². The molecule has 0 bridgehead atoms. The molecule has 92 valence electrons. The van der Waals surface area contributed by atoms with Gasteiger partial charge in [-0.15, -0.1) is 0 Å². The van der Waals surface area contributed by atoms with E-state index in [1.165, 1.54) is 0 Å². The minimum atomic E-state index is -0.430. The Morgan fingerprint density at radius 2 is 2.19 bits per heavy atom. The van der Waals surface area contributed by atoms with Crippen molar-refractivity contribution >= 4 is 5.91 Å². The van der Waals surface area contributed by atoms with Crippen molar-refractivity contribution in [3.8, 4) is 0 Å². The summed E-state index contributed by atoms with van der Waals surface area (Å²) < 4.78 is 11.3. The van der Waals surface area contributed by atoms with Gasteiger partial charge in [0, 0.05) is 19.5 Å². The van der Waals surface area contributed by atoms with E-state index < -0.39 is 5.79 Å². The van der Waals surface area contributed by atoms with Gasteiger partial charge in [0.25, 0.3) is 0 Å². The van der Waals surface area contributed by atoms with E-state index in [0.717, 1.165) is 13.0 Å². The summed E-state index contributed by atoms with van der Waals surface area (Å²) in [6, 6.07) is -0.105. The van der Waals surface area contributed by atoms with Gasteiger partial charge in [0.05, 0.1) is 25.8 Å². The van der Waals surface area contributed by atoms with Crippen LogP contribution in [0.4, 0.5) is 0 Å². The van der Waals surface area contributed by atoms with Crippen LogP contribution < -0.4 is 5.32 Å². The van der Waals surface area contributed by atoms with E-state index >= 15 is 0 Å². The number of rotatable bonds is 3. The van der Waals surface area contributed by atoms with E-state index in [-0.39, 0.29) is 11.9 Å². The Morgan fingerprint density at radius 1 is 1.50 bits per heavy atom. The molecule has 1 atom stereocenters. The largest absolute Gasteiger partial charge is 0.355 e. The highest BCUT2D eigenvalue weighted by Gasteiger charge is 2.45. The first-order chi connectivity index (χ1) is 7.67. The van der Waals surface area contributed by atoms with Crippen LogP contribution in [0.5, 0.6) is 0 Å². The molecule has 2 rings (SSSR count). The Balaban J connectivity index is 1.90. The Kier molecular flexibility index (Phi) is 3.47. The molecule has 5 heteroatoms. The lowest BCUT2D eigenvalue weighted by molar-refractivity contribution is -0.148. The Hall–Kier alpha value is -0.650. The van der Waals surface area contributed by atoms with Gasteiger partial charge in [0.15, 0.2) is 5.79 Å². The third kappa shape index (κ3) is 2.21. The van der Waals surface area contributed by atoms with Crippen LogP contribution in [-0.2, 0) is 14.3 Å². The van der Waals surface area contributed by atoms with Crippen molar-refractivity contribution in [2.75, 3.05) is 32.8 Å². The van der Waals surface area contributed by atoms with Gasteiger partial charge in [-0.1, -0.05) is 0 Å². The Morgan fingerprint density at radius 3 is 2.81 bits per heavy atom. The summed E-state index contributed by atoms with van der Waals surface area (Å²) in [4.78, 5) is 13.8. The molecular formula is C11H20N2O3. The van der Waals surface area contributed by atoms with Crippen LogP contribution in [-0.4, -0.2) is 55.5 Å². The van der Waals surface area contributed by atoms with Gasteiger partial charge in [0.1, 0.15) is 0 Å². The third-order valence-corrected chi connectivity index (χ3v) is 3.32. The molecule has 2 aliphatic heterocycles. The maximum atomic E-state index is 11.7. The first-order valence-corrected chi connectivity index (χ1v) is 5.96. The van der Waals surface area contributed by atoms with Gasteiger partial charge in [-0.05, 0) is 13.8 Å². The second kappa shape index (κ2) is 4.69. The molecule has 1 unspecified atom stereocenters.